The standard InChI is InChI=1S/C24H26FN3O3S/c1-16-22(32-24(27-16)18-3-7-19(25)8-4-18)23(29)26-15-21(28-11-13-31-14-12-28)17-5-9-20(30-2)10-6-17/h3-10,21H,11-15H2,1-2H3,(H,26,29)/t21-/m0/s1. The summed E-state index contributed by atoms with van der Waals surface area (Å²) in [5.41, 5.74) is 2.57. The average molecular weight is 456 g/mol. The molecule has 0 unspecified atom stereocenters. The number of hydrogen-bond acceptors (Lipinski definition) is 6. The highest BCUT2D eigenvalue weighted by Crippen LogP contribution is 2.29. The van der Waals surface area contributed by atoms with E-state index < -0.39 is 0 Å². The number of carbonyl (C=O) groups is 1. The number of hydrogen-bond donors (Lipinski definition) is 1. The molecule has 6 nitrogen and oxygen atoms in total. The number of ether oxygens (including phenoxy) is 2. The zero-order valence-corrected chi connectivity index (χ0v) is 19.0. The molecule has 8 heteroatoms. The van der Waals surface area contributed by atoms with Crippen molar-refractivity contribution in [2.45, 2.75) is 13.0 Å². The minimum Gasteiger partial charge on any atom is -0.497 e. The van der Waals surface area contributed by atoms with E-state index in [2.05, 4.69) is 15.2 Å². The summed E-state index contributed by atoms with van der Waals surface area (Å²) in [7, 11) is 1.65. The first-order chi connectivity index (χ1) is 15.5. The Hall–Kier alpha value is -2.81. The number of benzene rings is 2. The van der Waals surface area contributed by atoms with Crippen molar-refractivity contribution in [3.05, 3.63) is 70.5 Å². The Morgan fingerprint density at radius 1 is 1.19 bits per heavy atom. The van der Waals surface area contributed by atoms with Crippen molar-refractivity contribution in [1.29, 1.82) is 0 Å². The van der Waals surface area contributed by atoms with Crippen LogP contribution in [0.25, 0.3) is 10.6 Å². The van der Waals surface area contributed by atoms with Gasteiger partial charge in [-0.2, -0.15) is 0 Å². The van der Waals surface area contributed by atoms with Gasteiger partial charge in [0.1, 0.15) is 21.5 Å². The normalized spacial score (nSPS) is 15.3. The zero-order chi connectivity index (χ0) is 22.5. The molecule has 0 bridgehead atoms. The number of halogens is 1. The van der Waals surface area contributed by atoms with Gasteiger partial charge in [-0.1, -0.05) is 12.1 Å². The summed E-state index contributed by atoms with van der Waals surface area (Å²) in [5, 5.41) is 3.80. The molecule has 0 spiro atoms. The van der Waals surface area contributed by atoms with Crippen LogP contribution < -0.4 is 10.1 Å². The van der Waals surface area contributed by atoms with Crippen molar-refractivity contribution < 1.29 is 18.7 Å². The van der Waals surface area contributed by atoms with E-state index in [-0.39, 0.29) is 17.8 Å². The van der Waals surface area contributed by atoms with Crippen molar-refractivity contribution in [2.75, 3.05) is 40.0 Å². The summed E-state index contributed by atoms with van der Waals surface area (Å²) in [6.45, 7) is 5.25. The quantitative estimate of drug-likeness (QED) is 0.582. The molecule has 168 valence electrons. The maximum absolute atomic E-state index is 13.2. The van der Waals surface area contributed by atoms with E-state index >= 15 is 0 Å². The van der Waals surface area contributed by atoms with Gasteiger partial charge in [-0.05, 0) is 48.9 Å². The van der Waals surface area contributed by atoms with Gasteiger partial charge in [-0.15, -0.1) is 11.3 Å². The van der Waals surface area contributed by atoms with Gasteiger partial charge < -0.3 is 14.8 Å². The maximum Gasteiger partial charge on any atom is 0.263 e. The van der Waals surface area contributed by atoms with Crippen LogP contribution in [0.5, 0.6) is 5.75 Å². The molecule has 1 atom stereocenters. The Balaban J connectivity index is 1.49. The minimum atomic E-state index is -0.298. The van der Waals surface area contributed by atoms with Crippen LogP contribution in [-0.2, 0) is 4.74 Å². The number of aromatic nitrogens is 1. The minimum absolute atomic E-state index is 0.0264. The van der Waals surface area contributed by atoms with Crippen LogP contribution in [-0.4, -0.2) is 55.7 Å². The van der Waals surface area contributed by atoms with Crippen LogP contribution in [0.3, 0.4) is 0 Å². The molecule has 0 aliphatic carbocycles. The molecular weight excluding hydrogens is 429 g/mol. The summed E-state index contributed by atoms with van der Waals surface area (Å²) in [4.78, 5) is 20.4. The number of morpholine rings is 1. The van der Waals surface area contributed by atoms with Crippen molar-refractivity contribution >= 4 is 17.2 Å². The molecule has 32 heavy (non-hydrogen) atoms. The summed E-state index contributed by atoms with van der Waals surface area (Å²) < 4.78 is 24.0. The largest absolute Gasteiger partial charge is 0.497 e. The fourth-order valence-electron chi connectivity index (χ4n) is 3.77. The number of thiazole rings is 1. The smallest absolute Gasteiger partial charge is 0.263 e. The summed E-state index contributed by atoms with van der Waals surface area (Å²) in [5.74, 6) is 0.347. The van der Waals surface area contributed by atoms with Crippen LogP contribution in [0.4, 0.5) is 4.39 Å². The van der Waals surface area contributed by atoms with Gasteiger partial charge in [0.15, 0.2) is 0 Å². The number of nitrogens with zero attached hydrogens (tertiary/aromatic N) is 2. The van der Waals surface area contributed by atoms with Gasteiger partial charge in [0.25, 0.3) is 5.91 Å². The van der Waals surface area contributed by atoms with Gasteiger partial charge >= 0.3 is 0 Å². The van der Waals surface area contributed by atoms with Crippen LogP contribution in [0.15, 0.2) is 48.5 Å². The zero-order valence-electron chi connectivity index (χ0n) is 18.1. The first-order valence-corrected chi connectivity index (χ1v) is 11.3. The molecular formula is C24H26FN3O3S. The Bertz CT molecular complexity index is 1050. The SMILES string of the molecule is COc1ccc([C@H](CNC(=O)c2sc(-c3ccc(F)cc3)nc2C)N2CCOCC2)cc1. The first kappa shape index (κ1) is 22.4. The highest BCUT2D eigenvalue weighted by molar-refractivity contribution is 7.17. The Kier molecular flexibility index (Phi) is 7.14. The third-order valence-corrected chi connectivity index (χ3v) is 6.74. The maximum atomic E-state index is 13.2. The molecule has 1 aliphatic heterocycles. The van der Waals surface area contributed by atoms with Gasteiger partial charge in [0.2, 0.25) is 0 Å². The van der Waals surface area contributed by atoms with E-state index in [9.17, 15) is 9.18 Å². The molecule has 2 aromatic carbocycles. The van der Waals surface area contributed by atoms with Crippen molar-refractivity contribution in [3.8, 4) is 16.3 Å². The monoisotopic (exact) mass is 455 g/mol. The summed E-state index contributed by atoms with van der Waals surface area (Å²) >= 11 is 1.32. The van der Waals surface area contributed by atoms with Crippen LogP contribution in [0.2, 0.25) is 0 Å². The van der Waals surface area contributed by atoms with E-state index in [1.807, 2.05) is 31.2 Å². The molecule has 1 N–H and O–H groups in total. The van der Waals surface area contributed by atoms with Crippen LogP contribution in [0.1, 0.15) is 27.0 Å². The Morgan fingerprint density at radius 2 is 1.88 bits per heavy atom. The Morgan fingerprint density at radius 3 is 2.53 bits per heavy atom. The van der Waals surface area contributed by atoms with Gasteiger partial charge in [0, 0.05) is 25.2 Å². The molecule has 1 saturated heterocycles. The molecule has 1 aromatic heterocycles. The lowest BCUT2D eigenvalue weighted by Gasteiger charge is -2.35. The molecule has 2 heterocycles. The van der Waals surface area contributed by atoms with Crippen LogP contribution in [0, 0.1) is 12.7 Å². The van der Waals surface area contributed by atoms with Crippen LogP contribution >= 0.6 is 11.3 Å². The highest BCUT2D eigenvalue weighted by Gasteiger charge is 2.24. The topological polar surface area (TPSA) is 63.7 Å². The molecule has 4 rings (SSSR count). The van der Waals surface area contributed by atoms with Crippen molar-refractivity contribution in [3.63, 3.8) is 0 Å². The number of carbonyl (C=O) groups excluding carboxylic acids is 1. The van der Waals surface area contributed by atoms with Gasteiger partial charge in [-0.25, -0.2) is 9.37 Å². The molecule has 1 fully saturated rings. The number of aryl methyl sites for hydroxylation is 1. The second kappa shape index (κ2) is 10.2. The van der Waals surface area contributed by atoms with E-state index in [4.69, 9.17) is 9.47 Å². The second-order valence-corrected chi connectivity index (χ2v) is 8.59. The third-order valence-electron chi connectivity index (χ3n) is 5.54. The van der Waals surface area contributed by atoms with E-state index in [1.54, 1.807) is 19.2 Å². The molecule has 0 saturated carbocycles. The summed E-state index contributed by atoms with van der Waals surface area (Å²) in [6, 6.07) is 14.1. The lowest BCUT2D eigenvalue weighted by Crippen LogP contribution is -2.43. The lowest BCUT2D eigenvalue weighted by molar-refractivity contribution is 0.0162. The Labute approximate surface area is 191 Å². The molecule has 1 aliphatic rings. The number of methoxy groups -OCH3 is 1. The predicted octanol–water partition coefficient (Wildman–Crippen LogP) is 4.07. The second-order valence-electron chi connectivity index (χ2n) is 7.59. The molecule has 1 amide bonds. The average Bonchev–Trinajstić information content (AvgIpc) is 3.22. The number of nitrogens with one attached hydrogen (secondary N) is 1. The third kappa shape index (κ3) is 5.15. The van der Waals surface area contributed by atoms with Gasteiger partial charge in [-0.3, -0.25) is 9.69 Å². The first-order valence-electron chi connectivity index (χ1n) is 10.5. The predicted molar refractivity (Wildman–Crippen MR) is 123 cm³/mol. The number of amides is 1. The number of rotatable bonds is 7. The van der Waals surface area contributed by atoms with Crippen molar-refractivity contribution in [2.24, 2.45) is 0 Å². The lowest BCUT2D eigenvalue weighted by atomic mass is 10.0. The van der Waals surface area contributed by atoms with E-state index in [0.717, 1.165) is 30.0 Å². The van der Waals surface area contributed by atoms with Crippen molar-refractivity contribution in [1.82, 2.24) is 15.2 Å². The summed E-state index contributed by atoms with van der Waals surface area (Å²) in [6.07, 6.45) is 0. The van der Waals surface area contributed by atoms with Gasteiger partial charge in [0.05, 0.1) is 32.1 Å². The fraction of sp³-hybridized carbons (Fsp3) is 0.333. The molecule has 3 aromatic rings. The van der Waals surface area contributed by atoms with E-state index in [0.29, 0.717) is 35.3 Å². The molecule has 0 radical (unpaired) electrons. The fourth-order valence-corrected chi connectivity index (χ4v) is 4.75. The highest BCUT2D eigenvalue weighted by atomic mass is 32.1. The van der Waals surface area contributed by atoms with E-state index in [1.165, 1.54) is 23.5 Å².